The summed E-state index contributed by atoms with van der Waals surface area (Å²) in [6.07, 6.45) is 4.16. The molecular formula is C16H19FN4O. The van der Waals surface area contributed by atoms with Crippen molar-refractivity contribution in [3.05, 3.63) is 23.9 Å². The molecule has 1 aromatic rings. The Hall–Kier alpha value is -2.16. The van der Waals surface area contributed by atoms with Crippen LogP contribution in [0.4, 0.5) is 10.2 Å². The molecule has 1 saturated carbocycles. The molecule has 1 amide bonds. The van der Waals surface area contributed by atoms with Crippen molar-refractivity contribution in [2.45, 2.75) is 31.4 Å². The first-order valence-corrected chi connectivity index (χ1v) is 7.68. The Morgan fingerprint density at radius 1 is 1.50 bits per heavy atom. The summed E-state index contributed by atoms with van der Waals surface area (Å²) in [5, 5.41) is 11.8. The van der Waals surface area contributed by atoms with Crippen molar-refractivity contribution in [2.75, 3.05) is 24.5 Å². The fraction of sp³-hybridized carbons (Fsp3) is 0.562. The first kappa shape index (κ1) is 14.8. The SMILES string of the molecule is N#Cc1cccnc1N1CCC(F)(CNC(=O)C2CC2)CC1. The van der Waals surface area contributed by atoms with Gasteiger partial charge in [0.1, 0.15) is 17.6 Å². The van der Waals surface area contributed by atoms with Crippen molar-refractivity contribution < 1.29 is 9.18 Å². The number of rotatable bonds is 4. The number of hydrogen-bond donors (Lipinski definition) is 1. The van der Waals surface area contributed by atoms with E-state index in [1.807, 2.05) is 4.90 Å². The highest BCUT2D eigenvalue weighted by Gasteiger charge is 2.37. The topological polar surface area (TPSA) is 69.0 Å². The molecule has 0 radical (unpaired) electrons. The maximum Gasteiger partial charge on any atom is 0.223 e. The van der Waals surface area contributed by atoms with Crippen LogP contribution in [0.5, 0.6) is 0 Å². The van der Waals surface area contributed by atoms with Crippen molar-refractivity contribution in [1.82, 2.24) is 10.3 Å². The summed E-state index contributed by atoms with van der Waals surface area (Å²) in [5.41, 5.74) is -0.848. The summed E-state index contributed by atoms with van der Waals surface area (Å²) in [5.74, 6) is 0.709. The Kier molecular flexibility index (Phi) is 3.97. The van der Waals surface area contributed by atoms with Gasteiger partial charge in [0, 0.05) is 38.0 Å². The smallest absolute Gasteiger partial charge is 0.223 e. The summed E-state index contributed by atoms with van der Waals surface area (Å²) in [6.45, 7) is 1.09. The van der Waals surface area contributed by atoms with E-state index >= 15 is 0 Å². The third kappa shape index (κ3) is 3.19. The summed E-state index contributed by atoms with van der Waals surface area (Å²) in [4.78, 5) is 17.8. The molecule has 2 fully saturated rings. The van der Waals surface area contributed by atoms with Crippen LogP contribution in [0.15, 0.2) is 18.3 Å². The highest BCUT2D eigenvalue weighted by Crippen LogP contribution is 2.31. The fourth-order valence-electron chi connectivity index (χ4n) is 2.77. The van der Waals surface area contributed by atoms with E-state index in [2.05, 4.69) is 16.4 Å². The van der Waals surface area contributed by atoms with Gasteiger partial charge in [0.25, 0.3) is 0 Å². The van der Waals surface area contributed by atoms with Gasteiger partial charge in [-0.25, -0.2) is 9.37 Å². The highest BCUT2D eigenvalue weighted by molar-refractivity contribution is 5.80. The molecule has 2 aliphatic rings. The predicted octanol–water partition coefficient (Wildman–Crippen LogP) is 1.79. The number of pyridine rings is 1. The van der Waals surface area contributed by atoms with Gasteiger partial charge in [-0.2, -0.15) is 5.26 Å². The molecule has 0 atom stereocenters. The number of amides is 1. The number of halogens is 1. The number of nitrogens with zero attached hydrogens (tertiary/aromatic N) is 3. The predicted molar refractivity (Wildman–Crippen MR) is 80.0 cm³/mol. The lowest BCUT2D eigenvalue weighted by Gasteiger charge is -2.37. The molecule has 2 heterocycles. The Morgan fingerprint density at radius 3 is 2.86 bits per heavy atom. The molecule has 1 aliphatic carbocycles. The normalized spacial score (nSPS) is 20.3. The van der Waals surface area contributed by atoms with E-state index in [0.29, 0.717) is 37.3 Å². The maximum atomic E-state index is 14.8. The van der Waals surface area contributed by atoms with Crippen molar-refractivity contribution in [3.8, 4) is 6.07 Å². The molecule has 1 aliphatic heterocycles. The second-order valence-corrected chi connectivity index (χ2v) is 6.12. The third-order valence-electron chi connectivity index (χ3n) is 4.39. The number of aromatic nitrogens is 1. The van der Waals surface area contributed by atoms with Crippen LogP contribution in [0.25, 0.3) is 0 Å². The number of hydrogen-bond acceptors (Lipinski definition) is 4. The zero-order valence-electron chi connectivity index (χ0n) is 12.4. The highest BCUT2D eigenvalue weighted by atomic mass is 19.1. The molecule has 0 unspecified atom stereocenters. The van der Waals surface area contributed by atoms with Gasteiger partial charge in [0.05, 0.1) is 12.1 Å². The molecule has 1 N–H and O–H groups in total. The van der Waals surface area contributed by atoms with Crippen molar-refractivity contribution in [2.24, 2.45) is 5.92 Å². The van der Waals surface area contributed by atoms with E-state index in [1.54, 1.807) is 18.3 Å². The minimum Gasteiger partial charge on any atom is -0.355 e. The van der Waals surface area contributed by atoms with Crippen LogP contribution in [0, 0.1) is 17.2 Å². The quantitative estimate of drug-likeness (QED) is 0.920. The van der Waals surface area contributed by atoms with Crippen molar-refractivity contribution in [1.29, 1.82) is 5.26 Å². The number of carbonyl (C=O) groups is 1. The van der Waals surface area contributed by atoms with E-state index < -0.39 is 5.67 Å². The first-order chi connectivity index (χ1) is 10.6. The third-order valence-corrected chi connectivity index (χ3v) is 4.39. The Morgan fingerprint density at radius 2 is 2.23 bits per heavy atom. The Balaban J connectivity index is 1.57. The molecule has 5 nitrogen and oxygen atoms in total. The Bertz CT molecular complexity index is 600. The molecule has 6 heteroatoms. The van der Waals surface area contributed by atoms with E-state index in [1.165, 1.54) is 0 Å². The first-order valence-electron chi connectivity index (χ1n) is 7.68. The van der Waals surface area contributed by atoms with Crippen LogP contribution in [0.2, 0.25) is 0 Å². The minimum atomic E-state index is -1.36. The fourth-order valence-corrected chi connectivity index (χ4v) is 2.77. The summed E-state index contributed by atoms with van der Waals surface area (Å²) in [6, 6.07) is 5.56. The molecule has 1 aromatic heterocycles. The number of alkyl halides is 1. The number of nitriles is 1. The van der Waals surface area contributed by atoms with Gasteiger partial charge >= 0.3 is 0 Å². The van der Waals surface area contributed by atoms with E-state index in [9.17, 15) is 9.18 Å². The monoisotopic (exact) mass is 302 g/mol. The molecule has 0 aromatic carbocycles. The molecule has 3 rings (SSSR count). The summed E-state index contributed by atoms with van der Waals surface area (Å²) >= 11 is 0. The molecule has 0 spiro atoms. The summed E-state index contributed by atoms with van der Waals surface area (Å²) < 4.78 is 14.8. The number of anilines is 1. The van der Waals surface area contributed by atoms with E-state index in [0.717, 1.165) is 12.8 Å². The lowest BCUT2D eigenvalue weighted by Crippen LogP contribution is -2.48. The average molecular weight is 302 g/mol. The van der Waals surface area contributed by atoms with Crippen LogP contribution in [0.3, 0.4) is 0 Å². The van der Waals surface area contributed by atoms with E-state index in [4.69, 9.17) is 5.26 Å². The van der Waals surface area contributed by atoms with Crippen LogP contribution < -0.4 is 10.2 Å². The van der Waals surface area contributed by atoms with Crippen molar-refractivity contribution >= 4 is 11.7 Å². The molecule has 1 saturated heterocycles. The van der Waals surface area contributed by atoms with Gasteiger partial charge in [-0.05, 0) is 25.0 Å². The van der Waals surface area contributed by atoms with Gasteiger partial charge < -0.3 is 10.2 Å². The van der Waals surface area contributed by atoms with E-state index in [-0.39, 0.29) is 18.4 Å². The average Bonchev–Trinajstić information content (AvgIpc) is 3.38. The summed E-state index contributed by atoms with van der Waals surface area (Å²) in [7, 11) is 0. The van der Waals surface area contributed by atoms with Gasteiger partial charge in [0.15, 0.2) is 0 Å². The number of carbonyl (C=O) groups excluding carboxylic acids is 1. The molecular weight excluding hydrogens is 283 g/mol. The number of nitrogens with one attached hydrogen (secondary N) is 1. The standard InChI is InChI=1S/C16H19FN4O/c17-16(11-20-15(22)12-3-4-12)5-8-21(9-6-16)14-13(10-18)2-1-7-19-14/h1-2,7,12H,3-6,8-9,11H2,(H,20,22). The minimum absolute atomic E-state index is 0.0176. The molecule has 116 valence electrons. The van der Waals surface area contributed by atoms with Gasteiger partial charge in [-0.15, -0.1) is 0 Å². The van der Waals surface area contributed by atoms with Gasteiger partial charge in [-0.1, -0.05) is 0 Å². The largest absolute Gasteiger partial charge is 0.355 e. The zero-order chi connectivity index (χ0) is 15.6. The van der Waals surface area contributed by atoms with Crippen molar-refractivity contribution in [3.63, 3.8) is 0 Å². The molecule has 22 heavy (non-hydrogen) atoms. The second-order valence-electron chi connectivity index (χ2n) is 6.12. The Labute approximate surface area is 129 Å². The van der Waals surface area contributed by atoms with Crippen LogP contribution in [0.1, 0.15) is 31.2 Å². The lowest BCUT2D eigenvalue weighted by atomic mass is 9.93. The molecule has 0 bridgehead atoms. The van der Waals surface area contributed by atoms with Crippen LogP contribution in [-0.2, 0) is 4.79 Å². The lowest BCUT2D eigenvalue weighted by molar-refractivity contribution is -0.123. The van der Waals surface area contributed by atoms with Gasteiger partial charge in [0.2, 0.25) is 5.91 Å². The number of piperidine rings is 1. The van der Waals surface area contributed by atoms with Crippen LogP contribution >= 0.6 is 0 Å². The van der Waals surface area contributed by atoms with Gasteiger partial charge in [-0.3, -0.25) is 4.79 Å². The van der Waals surface area contributed by atoms with Crippen LogP contribution in [-0.4, -0.2) is 36.2 Å². The zero-order valence-corrected chi connectivity index (χ0v) is 12.4. The maximum absolute atomic E-state index is 14.8. The second kappa shape index (κ2) is 5.91.